The zero-order chi connectivity index (χ0) is 12.0. The van der Waals surface area contributed by atoms with Crippen molar-refractivity contribution in [2.45, 2.75) is 45.7 Å². The van der Waals surface area contributed by atoms with Crippen LogP contribution in [0, 0.1) is 11.3 Å². The first-order valence-electron chi connectivity index (χ1n) is 5.97. The van der Waals surface area contributed by atoms with Gasteiger partial charge in [0.05, 0.1) is 11.6 Å². The summed E-state index contributed by atoms with van der Waals surface area (Å²) in [7, 11) is 0. The molecule has 1 aromatic carbocycles. The molecule has 86 valence electrons. The first kappa shape index (κ1) is 12.7. The maximum Gasteiger partial charge on any atom is 0.0991 e. The Balaban J connectivity index is 2.65. The molecule has 2 heteroatoms. The lowest BCUT2D eigenvalue weighted by Crippen LogP contribution is -2.30. The van der Waals surface area contributed by atoms with Crippen LogP contribution >= 0.6 is 0 Å². The molecule has 16 heavy (non-hydrogen) atoms. The van der Waals surface area contributed by atoms with Crippen LogP contribution in [0.3, 0.4) is 0 Å². The van der Waals surface area contributed by atoms with Gasteiger partial charge in [-0.2, -0.15) is 5.26 Å². The van der Waals surface area contributed by atoms with E-state index < -0.39 is 0 Å². The molecule has 0 spiro atoms. The van der Waals surface area contributed by atoms with Crippen LogP contribution in [-0.2, 0) is 0 Å². The van der Waals surface area contributed by atoms with Crippen molar-refractivity contribution in [3.05, 3.63) is 35.4 Å². The van der Waals surface area contributed by atoms with Gasteiger partial charge in [-0.3, -0.25) is 0 Å². The van der Waals surface area contributed by atoms with Crippen LogP contribution in [0.25, 0.3) is 0 Å². The van der Waals surface area contributed by atoms with Crippen molar-refractivity contribution in [2.75, 3.05) is 0 Å². The summed E-state index contributed by atoms with van der Waals surface area (Å²) in [5.74, 6) is 0. The topological polar surface area (TPSA) is 35.8 Å². The molecule has 0 bridgehead atoms. The molecule has 0 aliphatic rings. The number of hydrogen-bond acceptors (Lipinski definition) is 2. The molecule has 1 atom stereocenters. The number of rotatable bonds is 5. The maximum atomic E-state index is 8.72. The van der Waals surface area contributed by atoms with Crippen molar-refractivity contribution in [3.63, 3.8) is 0 Å². The molecule has 1 rings (SSSR count). The van der Waals surface area contributed by atoms with Gasteiger partial charge in [-0.1, -0.05) is 26.0 Å². The third kappa shape index (κ3) is 3.36. The van der Waals surface area contributed by atoms with Crippen LogP contribution in [0.1, 0.15) is 50.8 Å². The van der Waals surface area contributed by atoms with Gasteiger partial charge in [0, 0.05) is 12.1 Å². The Hall–Kier alpha value is -1.33. The Morgan fingerprint density at radius 3 is 2.19 bits per heavy atom. The van der Waals surface area contributed by atoms with Gasteiger partial charge >= 0.3 is 0 Å². The van der Waals surface area contributed by atoms with E-state index in [9.17, 15) is 0 Å². The molecule has 2 nitrogen and oxygen atoms in total. The number of benzene rings is 1. The summed E-state index contributed by atoms with van der Waals surface area (Å²) >= 11 is 0. The van der Waals surface area contributed by atoms with Crippen molar-refractivity contribution in [1.29, 1.82) is 5.26 Å². The van der Waals surface area contributed by atoms with Gasteiger partial charge in [0.1, 0.15) is 0 Å². The number of nitriles is 1. The zero-order valence-electron chi connectivity index (χ0n) is 10.3. The van der Waals surface area contributed by atoms with Crippen molar-refractivity contribution in [3.8, 4) is 6.07 Å². The molecule has 1 unspecified atom stereocenters. The lowest BCUT2D eigenvalue weighted by Gasteiger charge is -2.21. The molecule has 1 N–H and O–H groups in total. The van der Waals surface area contributed by atoms with Crippen molar-refractivity contribution in [2.24, 2.45) is 0 Å². The zero-order valence-corrected chi connectivity index (χ0v) is 10.3. The summed E-state index contributed by atoms with van der Waals surface area (Å²) < 4.78 is 0. The summed E-state index contributed by atoms with van der Waals surface area (Å²) in [5, 5.41) is 12.3. The van der Waals surface area contributed by atoms with Gasteiger partial charge in [0.2, 0.25) is 0 Å². The van der Waals surface area contributed by atoms with Crippen LogP contribution in [0.5, 0.6) is 0 Å². The highest BCUT2D eigenvalue weighted by molar-refractivity contribution is 5.32. The number of hydrogen-bond donors (Lipinski definition) is 1. The van der Waals surface area contributed by atoms with Gasteiger partial charge in [-0.15, -0.1) is 0 Å². The third-order valence-electron chi connectivity index (χ3n) is 3.01. The lowest BCUT2D eigenvalue weighted by molar-refractivity contribution is 0.432. The molecule has 0 aromatic heterocycles. The summed E-state index contributed by atoms with van der Waals surface area (Å²) in [5.41, 5.74) is 1.96. The highest BCUT2D eigenvalue weighted by Gasteiger charge is 2.09. The molecule has 0 aliphatic heterocycles. The summed E-state index contributed by atoms with van der Waals surface area (Å²) in [4.78, 5) is 0. The summed E-state index contributed by atoms with van der Waals surface area (Å²) in [6.07, 6.45) is 2.30. The fraction of sp³-hybridized carbons (Fsp3) is 0.500. The summed E-state index contributed by atoms with van der Waals surface area (Å²) in [6.45, 7) is 6.57. The SMILES string of the molecule is CCC(CC)NC(C)c1ccc(C#N)cc1. The average Bonchev–Trinajstić information content (AvgIpc) is 2.35. The van der Waals surface area contributed by atoms with Crippen LogP contribution in [0.2, 0.25) is 0 Å². The van der Waals surface area contributed by atoms with E-state index in [0.717, 1.165) is 18.4 Å². The molecular weight excluding hydrogens is 196 g/mol. The first-order chi connectivity index (χ1) is 7.71. The van der Waals surface area contributed by atoms with Crippen LogP contribution < -0.4 is 5.32 Å². The largest absolute Gasteiger partial charge is 0.307 e. The molecule has 1 aromatic rings. The smallest absolute Gasteiger partial charge is 0.0991 e. The fourth-order valence-electron chi connectivity index (χ4n) is 1.82. The second-order valence-corrected chi connectivity index (χ2v) is 4.14. The predicted molar refractivity (Wildman–Crippen MR) is 67.1 cm³/mol. The Morgan fingerprint density at radius 1 is 1.19 bits per heavy atom. The van der Waals surface area contributed by atoms with E-state index in [1.807, 2.05) is 24.3 Å². The quantitative estimate of drug-likeness (QED) is 0.818. The summed E-state index contributed by atoms with van der Waals surface area (Å²) in [6, 6.07) is 10.9. The van der Waals surface area contributed by atoms with E-state index in [2.05, 4.69) is 32.2 Å². The monoisotopic (exact) mass is 216 g/mol. The van der Waals surface area contributed by atoms with E-state index >= 15 is 0 Å². The molecule has 0 aliphatic carbocycles. The van der Waals surface area contributed by atoms with Crippen LogP contribution in [0.4, 0.5) is 0 Å². The fourth-order valence-corrected chi connectivity index (χ4v) is 1.82. The molecule has 0 heterocycles. The minimum Gasteiger partial charge on any atom is -0.307 e. The molecule has 0 saturated carbocycles. The average molecular weight is 216 g/mol. The van der Waals surface area contributed by atoms with Gasteiger partial charge in [0.15, 0.2) is 0 Å². The van der Waals surface area contributed by atoms with Crippen molar-refractivity contribution in [1.82, 2.24) is 5.32 Å². The Kier molecular flexibility index (Phi) is 5.01. The van der Waals surface area contributed by atoms with Crippen LogP contribution in [-0.4, -0.2) is 6.04 Å². The van der Waals surface area contributed by atoms with Gasteiger partial charge in [-0.05, 0) is 37.5 Å². The van der Waals surface area contributed by atoms with Crippen molar-refractivity contribution < 1.29 is 0 Å². The second kappa shape index (κ2) is 6.30. The molecular formula is C14H20N2. The van der Waals surface area contributed by atoms with Gasteiger partial charge < -0.3 is 5.32 Å². The van der Waals surface area contributed by atoms with E-state index in [1.54, 1.807) is 0 Å². The predicted octanol–water partition coefficient (Wildman–Crippen LogP) is 3.40. The Morgan fingerprint density at radius 2 is 1.75 bits per heavy atom. The molecule has 0 fully saturated rings. The van der Waals surface area contributed by atoms with Crippen molar-refractivity contribution >= 4 is 0 Å². The number of nitrogens with one attached hydrogen (secondary N) is 1. The Bertz CT molecular complexity index is 344. The van der Waals surface area contributed by atoms with E-state index in [0.29, 0.717) is 12.1 Å². The normalized spacial score (nSPS) is 12.4. The molecule has 0 radical (unpaired) electrons. The van der Waals surface area contributed by atoms with E-state index in [1.165, 1.54) is 5.56 Å². The van der Waals surface area contributed by atoms with Crippen LogP contribution in [0.15, 0.2) is 24.3 Å². The molecule has 0 saturated heterocycles. The third-order valence-corrected chi connectivity index (χ3v) is 3.01. The number of nitrogens with zero attached hydrogens (tertiary/aromatic N) is 1. The van der Waals surface area contributed by atoms with E-state index in [-0.39, 0.29) is 0 Å². The maximum absolute atomic E-state index is 8.72. The standard InChI is InChI=1S/C14H20N2/c1-4-14(5-2)16-11(3)13-8-6-12(10-15)7-9-13/h6-9,11,14,16H,4-5H2,1-3H3. The Labute approximate surface area is 98.3 Å². The van der Waals surface area contributed by atoms with Gasteiger partial charge in [0.25, 0.3) is 0 Å². The lowest BCUT2D eigenvalue weighted by atomic mass is 10.0. The van der Waals surface area contributed by atoms with Gasteiger partial charge in [-0.25, -0.2) is 0 Å². The highest BCUT2D eigenvalue weighted by atomic mass is 14.9. The first-order valence-corrected chi connectivity index (χ1v) is 5.97. The highest BCUT2D eigenvalue weighted by Crippen LogP contribution is 2.15. The van der Waals surface area contributed by atoms with E-state index in [4.69, 9.17) is 5.26 Å². The second-order valence-electron chi connectivity index (χ2n) is 4.14. The molecule has 0 amide bonds. The minimum absolute atomic E-state index is 0.345. The minimum atomic E-state index is 0.345.